The van der Waals surface area contributed by atoms with Crippen molar-refractivity contribution in [3.8, 4) is 0 Å². The molecule has 0 aromatic carbocycles. The zero-order chi connectivity index (χ0) is 13.3. The van der Waals surface area contributed by atoms with Gasteiger partial charge in [-0.3, -0.25) is 4.90 Å². The Morgan fingerprint density at radius 3 is 2.79 bits per heavy atom. The molecule has 0 spiro atoms. The summed E-state index contributed by atoms with van der Waals surface area (Å²) in [5.41, 5.74) is 0.401. The molecule has 2 heterocycles. The molecule has 0 bridgehead atoms. The van der Waals surface area contributed by atoms with Gasteiger partial charge in [-0.25, -0.2) is 0 Å². The molecule has 4 heteroatoms. The maximum Gasteiger partial charge on any atom is 0.0309 e. The molecule has 110 valence electrons. The molecule has 2 aliphatic heterocycles. The highest BCUT2D eigenvalue weighted by Crippen LogP contribution is 2.41. The fraction of sp³-hybridized carbons (Fsp3) is 1.00. The van der Waals surface area contributed by atoms with Crippen LogP contribution in [0.25, 0.3) is 0 Å². The van der Waals surface area contributed by atoms with Gasteiger partial charge in [-0.15, -0.1) is 0 Å². The van der Waals surface area contributed by atoms with Gasteiger partial charge in [0.2, 0.25) is 0 Å². The van der Waals surface area contributed by atoms with Gasteiger partial charge in [-0.05, 0) is 32.1 Å². The molecule has 3 atom stereocenters. The highest BCUT2D eigenvalue weighted by atomic mass is 32.2. The van der Waals surface area contributed by atoms with Crippen LogP contribution in [0.3, 0.4) is 0 Å². The molecule has 19 heavy (non-hydrogen) atoms. The molecular formula is C15H28N2S2. The first-order valence-corrected chi connectivity index (χ1v) is 10.1. The Bertz CT molecular complexity index is 303. The van der Waals surface area contributed by atoms with Gasteiger partial charge in [0.15, 0.2) is 0 Å². The molecule has 1 N–H and O–H groups in total. The molecule has 1 aliphatic carbocycles. The van der Waals surface area contributed by atoms with Crippen molar-refractivity contribution in [3.63, 3.8) is 0 Å². The van der Waals surface area contributed by atoms with E-state index in [1.807, 2.05) is 0 Å². The Hall–Kier alpha value is 0.620. The second-order valence-electron chi connectivity index (χ2n) is 6.63. The maximum absolute atomic E-state index is 3.87. The third-order valence-electron chi connectivity index (χ3n) is 5.06. The lowest BCUT2D eigenvalue weighted by Gasteiger charge is -2.47. The summed E-state index contributed by atoms with van der Waals surface area (Å²) in [4.78, 5) is 2.82. The fourth-order valence-electron chi connectivity index (χ4n) is 3.60. The molecule has 3 rings (SSSR count). The average molecular weight is 301 g/mol. The van der Waals surface area contributed by atoms with E-state index in [4.69, 9.17) is 0 Å². The van der Waals surface area contributed by atoms with Gasteiger partial charge >= 0.3 is 0 Å². The molecule has 0 aromatic rings. The van der Waals surface area contributed by atoms with Crippen molar-refractivity contribution in [1.82, 2.24) is 10.2 Å². The molecule has 3 aliphatic rings. The van der Waals surface area contributed by atoms with Crippen molar-refractivity contribution in [1.29, 1.82) is 0 Å². The maximum atomic E-state index is 3.87. The third-order valence-corrected chi connectivity index (χ3v) is 7.89. The van der Waals surface area contributed by atoms with Crippen LogP contribution in [-0.4, -0.2) is 58.6 Å². The van der Waals surface area contributed by atoms with Crippen molar-refractivity contribution in [2.45, 2.75) is 49.9 Å². The number of hydrogen-bond acceptors (Lipinski definition) is 4. The molecule has 1 saturated carbocycles. The molecule has 0 radical (unpaired) electrons. The van der Waals surface area contributed by atoms with Crippen LogP contribution in [0.15, 0.2) is 0 Å². The quantitative estimate of drug-likeness (QED) is 0.858. The van der Waals surface area contributed by atoms with Crippen LogP contribution in [-0.2, 0) is 0 Å². The van der Waals surface area contributed by atoms with Crippen LogP contribution in [0.1, 0.15) is 33.1 Å². The first-order chi connectivity index (χ1) is 9.21. The Morgan fingerprint density at radius 2 is 2.16 bits per heavy atom. The van der Waals surface area contributed by atoms with Gasteiger partial charge in [0.05, 0.1) is 0 Å². The topological polar surface area (TPSA) is 15.3 Å². The minimum Gasteiger partial charge on any atom is -0.308 e. The summed E-state index contributed by atoms with van der Waals surface area (Å²) in [5.74, 6) is 5.03. The van der Waals surface area contributed by atoms with Crippen LogP contribution >= 0.6 is 23.5 Å². The zero-order valence-electron chi connectivity index (χ0n) is 12.4. The smallest absolute Gasteiger partial charge is 0.0309 e. The lowest BCUT2D eigenvalue weighted by molar-refractivity contribution is 0.0745. The summed E-state index contributed by atoms with van der Waals surface area (Å²) >= 11 is 4.37. The third kappa shape index (κ3) is 3.45. The Balaban J connectivity index is 1.61. The minimum atomic E-state index is 0.401. The van der Waals surface area contributed by atoms with Crippen molar-refractivity contribution >= 4 is 23.5 Å². The number of piperazine rings is 1. The Kier molecular flexibility index (Phi) is 4.72. The van der Waals surface area contributed by atoms with Crippen LogP contribution in [0.5, 0.6) is 0 Å². The van der Waals surface area contributed by atoms with Crippen LogP contribution in [0.4, 0.5) is 0 Å². The first kappa shape index (κ1) is 14.6. The van der Waals surface area contributed by atoms with E-state index in [1.54, 1.807) is 0 Å². The lowest BCUT2D eigenvalue weighted by atomic mass is 9.90. The van der Waals surface area contributed by atoms with E-state index in [0.29, 0.717) is 5.54 Å². The van der Waals surface area contributed by atoms with Crippen molar-refractivity contribution in [3.05, 3.63) is 0 Å². The number of hydrogen-bond donors (Lipinski definition) is 1. The number of nitrogens with one attached hydrogen (secondary N) is 1. The van der Waals surface area contributed by atoms with Crippen LogP contribution in [0, 0.1) is 5.92 Å². The number of rotatable bonds is 4. The minimum absolute atomic E-state index is 0.401. The summed E-state index contributed by atoms with van der Waals surface area (Å²) in [6.45, 7) is 8.61. The summed E-state index contributed by atoms with van der Waals surface area (Å²) < 4.78 is 0. The lowest BCUT2D eigenvalue weighted by Crippen LogP contribution is -2.64. The van der Waals surface area contributed by atoms with E-state index in [-0.39, 0.29) is 0 Å². The molecule has 2 saturated heterocycles. The van der Waals surface area contributed by atoms with Crippen molar-refractivity contribution < 1.29 is 0 Å². The predicted octanol–water partition coefficient (Wildman–Crippen LogP) is 2.69. The van der Waals surface area contributed by atoms with E-state index in [0.717, 1.165) is 17.2 Å². The second kappa shape index (κ2) is 6.17. The van der Waals surface area contributed by atoms with Gasteiger partial charge in [-0.1, -0.05) is 6.92 Å². The largest absolute Gasteiger partial charge is 0.308 e. The highest BCUT2D eigenvalue weighted by molar-refractivity contribution is 8.06. The van der Waals surface area contributed by atoms with Crippen LogP contribution < -0.4 is 5.32 Å². The molecule has 0 aromatic heterocycles. The van der Waals surface area contributed by atoms with Gasteiger partial charge in [0, 0.05) is 53.7 Å². The fourth-order valence-corrected chi connectivity index (χ4v) is 6.30. The van der Waals surface area contributed by atoms with E-state index < -0.39 is 0 Å². The summed E-state index contributed by atoms with van der Waals surface area (Å²) in [6.07, 6.45) is 4.18. The molecular weight excluding hydrogens is 272 g/mol. The van der Waals surface area contributed by atoms with Crippen LogP contribution in [0.2, 0.25) is 0 Å². The summed E-state index contributed by atoms with van der Waals surface area (Å²) in [6, 6.07) is 0.763. The predicted molar refractivity (Wildman–Crippen MR) is 88.4 cm³/mol. The van der Waals surface area contributed by atoms with E-state index in [1.165, 1.54) is 56.2 Å². The van der Waals surface area contributed by atoms with E-state index in [2.05, 4.69) is 47.6 Å². The highest BCUT2D eigenvalue weighted by Gasteiger charge is 2.45. The zero-order valence-corrected chi connectivity index (χ0v) is 14.0. The summed E-state index contributed by atoms with van der Waals surface area (Å²) in [7, 11) is 0. The van der Waals surface area contributed by atoms with Crippen molar-refractivity contribution in [2.24, 2.45) is 5.92 Å². The second-order valence-corrected chi connectivity index (χ2v) is 9.19. The van der Waals surface area contributed by atoms with E-state index in [9.17, 15) is 0 Å². The molecule has 3 unspecified atom stereocenters. The Labute approximate surface area is 126 Å². The number of nitrogens with zero attached hydrogens (tertiary/aromatic N) is 1. The number of thioether (sulfide) groups is 2. The SMILES string of the molecule is CCC1CNC(C)(C2CC2)CN1CC1CSCCS1. The van der Waals surface area contributed by atoms with E-state index >= 15 is 0 Å². The van der Waals surface area contributed by atoms with Gasteiger partial charge in [-0.2, -0.15) is 23.5 Å². The monoisotopic (exact) mass is 300 g/mol. The molecule has 0 amide bonds. The molecule has 2 nitrogen and oxygen atoms in total. The summed E-state index contributed by atoms with van der Waals surface area (Å²) in [5, 5.41) is 4.74. The standard InChI is InChI=1S/C15H28N2S2/c1-3-13-8-16-15(2,12-4-5-12)11-17(13)9-14-10-18-6-7-19-14/h12-14,16H,3-11H2,1-2H3. The normalized spacial score (nSPS) is 41.4. The van der Waals surface area contributed by atoms with Gasteiger partial charge < -0.3 is 5.32 Å². The van der Waals surface area contributed by atoms with Gasteiger partial charge in [0.1, 0.15) is 0 Å². The average Bonchev–Trinajstić information content (AvgIpc) is 3.25. The first-order valence-electron chi connectivity index (χ1n) is 7.89. The Morgan fingerprint density at radius 1 is 1.32 bits per heavy atom. The van der Waals surface area contributed by atoms with Gasteiger partial charge in [0.25, 0.3) is 0 Å². The molecule has 3 fully saturated rings. The van der Waals surface area contributed by atoms with Crippen molar-refractivity contribution in [2.75, 3.05) is 36.9 Å².